The SMILES string of the molecule is Cc1cccc2c1C(CCC1c3c(C)cccc3-c3cccc(C)c31)c1c(C)cccc1-2. The van der Waals surface area contributed by atoms with Gasteiger partial charge >= 0.3 is 0 Å². The Labute approximate surface area is 192 Å². The first kappa shape index (κ1) is 19.6. The van der Waals surface area contributed by atoms with Crippen LogP contribution in [0.25, 0.3) is 22.3 Å². The van der Waals surface area contributed by atoms with Crippen LogP contribution in [-0.2, 0) is 0 Å². The second kappa shape index (κ2) is 7.20. The molecule has 0 saturated carbocycles. The van der Waals surface area contributed by atoms with Crippen molar-refractivity contribution in [1.29, 1.82) is 0 Å². The van der Waals surface area contributed by atoms with Crippen LogP contribution in [0, 0.1) is 27.7 Å². The van der Waals surface area contributed by atoms with E-state index in [4.69, 9.17) is 0 Å². The van der Waals surface area contributed by atoms with E-state index >= 15 is 0 Å². The number of aryl methyl sites for hydroxylation is 4. The summed E-state index contributed by atoms with van der Waals surface area (Å²) in [5.41, 5.74) is 17.8. The van der Waals surface area contributed by atoms with Crippen molar-refractivity contribution in [1.82, 2.24) is 0 Å². The fraction of sp³-hybridized carbons (Fsp3) is 0.250. The summed E-state index contributed by atoms with van der Waals surface area (Å²) >= 11 is 0. The normalized spacial score (nSPS) is 14.2. The molecule has 0 spiro atoms. The Hall–Kier alpha value is -3.12. The van der Waals surface area contributed by atoms with Crippen LogP contribution in [0.1, 0.15) is 69.2 Å². The van der Waals surface area contributed by atoms with Gasteiger partial charge in [-0.3, -0.25) is 0 Å². The number of benzene rings is 4. The van der Waals surface area contributed by atoms with Crippen molar-refractivity contribution in [2.75, 3.05) is 0 Å². The second-order valence-corrected chi connectivity index (χ2v) is 9.83. The van der Waals surface area contributed by atoms with Gasteiger partial charge in [-0.05, 0) is 107 Å². The van der Waals surface area contributed by atoms with Gasteiger partial charge in [0, 0.05) is 11.8 Å². The summed E-state index contributed by atoms with van der Waals surface area (Å²) in [6.45, 7) is 9.17. The molecule has 6 rings (SSSR count). The topological polar surface area (TPSA) is 0 Å². The Balaban J connectivity index is 1.45. The minimum atomic E-state index is 0.489. The smallest absolute Gasteiger partial charge is 0.0107 e. The van der Waals surface area contributed by atoms with E-state index < -0.39 is 0 Å². The Bertz CT molecular complexity index is 1160. The van der Waals surface area contributed by atoms with E-state index in [2.05, 4.69) is 100 Å². The molecule has 158 valence electrons. The predicted molar refractivity (Wildman–Crippen MR) is 136 cm³/mol. The van der Waals surface area contributed by atoms with Crippen molar-refractivity contribution >= 4 is 0 Å². The monoisotopic (exact) mass is 414 g/mol. The lowest BCUT2D eigenvalue weighted by Gasteiger charge is -2.22. The molecular weight excluding hydrogens is 384 g/mol. The lowest BCUT2D eigenvalue weighted by Crippen LogP contribution is -2.06. The van der Waals surface area contributed by atoms with Crippen LogP contribution >= 0.6 is 0 Å². The summed E-state index contributed by atoms with van der Waals surface area (Å²) in [5.74, 6) is 0.978. The van der Waals surface area contributed by atoms with Gasteiger partial charge in [-0.1, -0.05) is 72.8 Å². The third kappa shape index (κ3) is 2.69. The summed E-state index contributed by atoms with van der Waals surface area (Å²) < 4.78 is 0. The van der Waals surface area contributed by atoms with E-state index in [1.54, 1.807) is 22.3 Å². The highest BCUT2D eigenvalue weighted by Crippen LogP contribution is 2.53. The van der Waals surface area contributed by atoms with Crippen molar-refractivity contribution < 1.29 is 0 Å². The van der Waals surface area contributed by atoms with Crippen molar-refractivity contribution in [3.63, 3.8) is 0 Å². The van der Waals surface area contributed by atoms with Gasteiger partial charge in [-0.25, -0.2) is 0 Å². The average Bonchev–Trinajstić information content (AvgIpc) is 3.29. The molecule has 2 aliphatic rings. The van der Waals surface area contributed by atoms with Crippen LogP contribution in [0.5, 0.6) is 0 Å². The first-order valence-electron chi connectivity index (χ1n) is 11.9. The van der Waals surface area contributed by atoms with Crippen molar-refractivity contribution in [2.45, 2.75) is 52.4 Å². The van der Waals surface area contributed by atoms with Gasteiger partial charge in [0.15, 0.2) is 0 Å². The molecule has 2 aliphatic carbocycles. The zero-order valence-electron chi connectivity index (χ0n) is 19.5. The third-order valence-electron chi connectivity index (χ3n) is 8.01. The maximum absolute atomic E-state index is 2.33. The first-order chi connectivity index (χ1) is 15.6. The van der Waals surface area contributed by atoms with Crippen molar-refractivity contribution in [3.05, 3.63) is 117 Å². The lowest BCUT2D eigenvalue weighted by molar-refractivity contribution is 0.619. The minimum Gasteiger partial charge on any atom is -0.0614 e. The van der Waals surface area contributed by atoms with Crippen LogP contribution in [0.2, 0.25) is 0 Å². The summed E-state index contributed by atoms with van der Waals surface area (Å²) in [6, 6.07) is 27.4. The molecule has 0 unspecified atom stereocenters. The lowest BCUT2D eigenvalue weighted by atomic mass is 9.81. The highest BCUT2D eigenvalue weighted by atomic mass is 14.4. The average molecular weight is 415 g/mol. The fourth-order valence-electron chi connectivity index (χ4n) is 6.71. The molecule has 0 atom stereocenters. The van der Waals surface area contributed by atoms with Crippen molar-refractivity contribution in [2.24, 2.45) is 0 Å². The molecule has 4 aromatic carbocycles. The highest BCUT2D eigenvalue weighted by molar-refractivity contribution is 5.82. The Morgan fingerprint density at radius 2 is 0.656 bits per heavy atom. The van der Waals surface area contributed by atoms with Gasteiger partial charge in [0.2, 0.25) is 0 Å². The fourth-order valence-corrected chi connectivity index (χ4v) is 6.71. The van der Waals surface area contributed by atoms with Crippen LogP contribution in [-0.4, -0.2) is 0 Å². The van der Waals surface area contributed by atoms with E-state index in [0.717, 1.165) is 0 Å². The molecule has 0 bridgehead atoms. The minimum absolute atomic E-state index is 0.489. The van der Waals surface area contributed by atoms with Gasteiger partial charge < -0.3 is 0 Å². The molecule has 0 radical (unpaired) electrons. The molecule has 4 aromatic rings. The van der Waals surface area contributed by atoms with Crippen LogP contribution < -0.4 is 0 Å². The second-order valence-electron chi connectivity index (χ2n) is 9.83. The quantitative estimate of drug-likeness (QED) is 0.315. The zero-order valence-corrected chi connectivity index (χ0v) is 19.5. The van der Waals surface area contributed by atoms with E-state index in [1.807, 2.05) is 0 Å². The van der Waals surface area contributed by atoms with Gasteiger partial charge in [0.25, 0.3) is 0 Å². The zero-order chi connectivity index (χ0) is 22.0. The van der Waals surface area contributed by atoms with Crippen LogP contribution in [0.15, 0.2) is 72.8 Å². The van der Waals surface area contributed by atoms with Crippen molar-refractivity contribution in [3.8, 4) is 22.3 Å². The summed E-state index contributed by atoms with van der Waals surface area (Å²) in [6.07, 6.45) is 2.36. The van der Waals surface area contributed by atoms with Gasteiger partial charge in [0.05, 0.1) is 0 Å². The Morgan fingerprint density at radius 3 is 0.906 bits per heavy atom. The van der Waals surface area contributed by atoms with Crippen LogP contribution in [0.3, 0.4) is 0 Å². The standard InChI is InChI=1S/C32H30/c1-19-9-5-13-23-24-14-6-10-20(2)30(24)27(29(19)23)17-18-28-31-21(3)11-7-15-25(31)26-16-8-12-22(4)32(26)28/h5-16,27-28H,17-18H2,1-4H3. The number of fused-ring (bicyclic) bond motifs is 6. The Kier molecular flexibility index (Phi) is 4.40. The number of hydrogen-bond donors (Lipinski definition) is 0. The molecule has 0 aromatic heterocycles. The van der Waals surface area contributed by atoms with Gasteiger partial charge in [-0.2, -0.15) is 0 Å². The third-order valence-corrected chi connectivity index (χ3v) is 8.01. The summed E-state index contributed by atoms with van der Waals surface area (Å²) in [5, 5.41) is 0. The van der Waals surface area contributed by atoms with E-state index in [-0.39, 0.29) is 0 Å². The molecule has 0 heteroatoms. The predicted octanol–water partition coefficient (Wildman–Crippen LogP) is 8.63. The first-order valence-corrected chi connectivity index (χ1v) is 11.9. The molecular formula is C32H30. The molecule has 32 heavy (non-hydrogen) atoms. The molecule has 0 N–H and O–H groups in total. The van der Waals surface area contributed by atoms with Gasteiger partial charge in [0.1, 0.15) is 0 Å². The van der Waals surface area contributed by atoms with E-state index in [9.17, 15) is 0 Å². The Morgan fingerprint density at radius 1 is 0.406 bits per heavy atom. The van der Waals surface area contributed by atoms with E-state index in [0.29, 0.717) is 11.8 Å². The highest BCUT2D eigenvalue weighted by Gasteiger charge is 2.35. The van der Waals surface area contributed by atoms with Crippen LogP contribution in [0.4, 0.5) is 0 Å². The maximum Gasteiger partial charge on any atom is 0.0107 e. The molecule has 0 saturated heterocycles. The molecule has 0 nitrogen and oxygen atoms in total. The molecule has 0 heterocycles. The number of hydrogen-bond acceptors (Lipinski definition) is 0. The summed E-state index contributed by atoms with van der Waals surface area (Å²) in [7, 11) is 0. The molecule has 0 aliphatic heterocycles. The summed E-state index contributed by atoms with van der Waals surface area (Å²) in [4.78, 5) is 0. The van der Waals surface area contributed by atoms with Gasteiger partial charge in [-0.15, -0.1) is 0 Å². The van der Waals surface area contributed by atoms with E-state index in [1.165, 1.54) is 57.3 Å². The largest absolute Gasteiger partial charge is 0.0614 e. The maximum atomic E-state index is 2.33. The molecule has 0 amide bonds. The molecule has 0 fully saturated rings. The number of rotatable bonds is 3.